The van der Waals surface area contributed by atoms with Crippen molar-refractivity contribution in [2.75, 3.05) is 20.2 Å². The van der Waals surface area contributed by atoms with Crippen LogP contribution >= 0.6 is 0 Å². The molecular weight excluding hydrogens is 246 g/mol. The van der Waals surface area contributed by atoms with Gasteiger partial charge in [0.15, 0.2) is 0 Å². The second-order valence-corrected chi connectivity index (χ2v) is 5.58. The zero-order valence-electron chi connectivity index (χ0n) is 12.8. The van der Waals surface area contributed by atoms with Gasteiger partial charge in [0.25, 0.3) is 0 Å². The van der Waals surface area contributed by atoms with E-state index in [1.807, 2.05) is 12.1 Å². The Morgan fingerprint density at radius 2 is 2.00 bits per heavy atom. The Hall–Kier alpha value is -1.28. The number of methoxy groups -OCH3 is 1. The van der Waals surface area contributed by atoms with E-state index in [1.165, 1.54) is 43.2 Å². The fraction of sp³-hybridized carbons (Fsp3) is 0.556. The van der Waals surface area contributed by atoms with E-state index in [9.17, 15) is 0 Å². The maximum Gasteiger partial charge on any atom is 0.126 e. The average Bonchev–Trinajstić information content (AvgIpc) is 2.52. The van der Waals surface area contributed by atoms with E-state index in [4.69, 9.17) is 4.74 Å². The van der Waals surface area contributed by atoms with Crippen LogP contribution in [-0.4, -0.2) is 20.2 Å². The van der Waals surface area contributed by atoms with Gasteiger partial charge in [-0.15, -0.1) is 0 Å². The van der Waals surface area contributed by atoms with Crippen molar-refractivity contribution in [2.45, 2.75) is 39.0 Å². The largest absolute Gasteiger partial charge is 0.496 e. The summed E-state index contributed by atoms with van der Waals surface area (Å²) in [5, 5.41) is 3.49. The highest BCUT2D eigenvalue weighted by Crippen LogP contribution is 2.32. The van der Waals surface area contributed by atoms with Gasteiger partial charge in [-0.25, -0.2) is 0 Å². The number of nitrogens with one attached hydrogen (secondary N) is 1. The summed E-state index contributed by atoms with van der Waals surface area (Å²) in [7, 11) is 1.75. The minimum Gasteiger partial charge on any atom is -0.496 e. The second-order valence-electron chi connectivity index (χ2n) is 5.58. The van der Waals surface area contributed by atoms with Gasteiger partial charge in [0.1, 0.15) is 5.75 Å². The smallest absolute Gasteiger partial charge is 0.126 e. The summed E-state index contributed by atoms with van der Waals surface area (Å²) in [5.74, 6) is 1.71. The van der Waals surface area contributed by atoms with Gasteiger partial charge in [0.2, 0.25) is 0 Å². The van der Waals surface area contributed by atoms with E-state index in [0.717, 1.165) is 24.8 Å². The van der Waals surface area contributed by atoms with Gasteiger partial charge >= 0.3 is 0 Å². The minimum atomic E-state index is 0.743. The highest BCUT2D eigenvalue weighted by atomic mass is 16.5. The molecule has 1 aromatic carbocycles. The van der Waals surface area contributed by atoms with E-state index >= 15 is 0 Å². The number of benzene rings is 1. The minimum absolute atomic E-state index is 0.743. The summed E-state index contributed by atoms with van der Waals surface area (Å²) in [6.45, 7) is 4.19. The van der Waals surface area contributed by atoms with Crippen LogP contribution in [0, 0.1) is 5.92 Å². The molecule has 1 aliphatic carbocycles. The van der Waals surface area contributed by atoms with Crippen molar-refractivity contribution in [1.82, 2.24) is 5.32 Å². The van der Waals surface area contributed by atoms with Gasteiger partial charge in [-0.2, -0.15) is 0 Å². The first-order valence-electron chi connectivity index (χ1n) is 7.89. The molecule has 20 heavy (non-hydrogen) atoms. The van der Waals surface area contributed by atoms with Crippen molar-refractivity contribution in [3.8, 4) is 5.75 Å². The number of hydrogen-bond donors (Lipinski definition) is 1. The third-order valence-corrected chi connectivity index (χ3v) is 4.19. The molecular formula is C18H27NO. The average molecular weight is 273 g/mol. The van der Waals surface area contributed by atoms with Crippen molar-refractivity contribution in [1.29, 1.82) is 0 Å². The topological polar surface area (TPSA) is 21.3 Å². The van der Waals surface area contributed by atoms with E-state index in [-0.39, 0.29) is 0 Å². The maximum atomic E-state index is 5.47. The molecule has 2 heteroatoms. The molecule has 0 amide bonds. The molecule has 1 aromatic rings. The molecule has 2 nitrogen and oxygen atoms in total. The Morgan fingerprint density at radius 3 is 2.70 bits per heavy atom. The summed E-state index contributed by atoms with van der Waals surface area (Å²) in [6, 6.07) is 8.30. The Bertz CT molecular complexity index is 433. The molecule has 1 saturated carbocycles. The van der Waals surface area contributed by atoms with Crippen LogP contribution in [0.2, 0.25) is 0 Å². The highest BCUT2D eigenvalue weighted by Gasteiger charge is 2.17. The Morgan fingerprint density at radius 1 is 1.25 bits per heavy atom. The van der Waals surface area contributed by atoms with Gasteiger partial charge in [0, 0.05) is 12.1 Å². The predicted octanol–water partition coefficient (Wildman–Crippen LogP) is 4.27. The van der Waals surface area contributed by atoms with Gasteiger partial charge in [-0.05, 0) is 31.4 Å². The van der Waals surface area contributed by atoms with Crippen LogP contribution in [0.1, 0.15) is 44.6 Å². The van der Waals surface area contributed by atoms with Crippen LogP contribution < -0.4 is 10.1 Å². The normalized spacial score (nSPS) is 17.2. The lowest BCUT2D eigenvalue weighted by atomic mass is 9.83. The summed E-state index contributed by atoms with van der Waals surface area (Å²) in [5.41, 5.74) is 2.74. The first kappa shape index (κ1) is 15.1. The number of para-hydroxylation sites is 1. The number of likely N-dealkylation sites (N-methyl/N-ethyl adjacent to an activating group) is 1. The van der Waals surface area contributed by atoms with Crippen LogP contribution in [0.4, 0.5) is 0 Å². The molecule has 0 spiro atoms. The molecule has 0 radical (unpaired) electrons. The lowest BCUT2D eigenvalue weighted by Crippen LogP contribution is -2.22. The van der Waals surface area contributed by atoms with E-state index in [0.29, 0.717) is 0 Å². The van der Waals surface area contributed by atoms with Crippen molar-refractivity contribution < 1.29 is 4.74 Å². The number of rotatable bonds is 6. The maximum absolute atomic E-state index is 5.47. The molecule has 0 unspecified atom stereocenters. The first-order valence-corrected chi connectivity index (χ1v) is 7.89. The Balaban J connectivity index is 2.21. The van der Waals surface area contributed by atoms with Crippen LogP contribution in [0.3, 0.4) is 0 Å². The Kier molecular flexibility index (Phi) is 6.13. The molecule has 0 aliphatic heterocycles. The standard InChI is InChI=1S/C18H27NO/c1-3-19-14-17(15-9-5-4-6-10-15)13-16-11-7-8-12-18(16)20-2/h7-8,11-13,15,19H,3-6,9-10,14H2,1-2H3/b17-13-. The summed E-state index contributed by atoms with van der Waals surface area (Å²) < 4.78 is 5.47. The monoisotopic (exact) mass is 273 g/mol. The van der Waals surface area contributed by atoms with E-state index in [1.54, 1.807) is 7.11 Å². The Labute approximate surface area is 123 Å². The molecule has 0 heterocycles. The van der Waals surface area contributed by atoms with Crippen molar-refractivity contribution in [3.63, 3.8) is 0 Å². The summed E-state index contributed by atoms with van der Waals surface area (Å²) >= 11 is 0. The molecule has 2 rings (SSSR count). The van der Waals surface area contributed by atoms with Crippen LogP contribution in [0.25, 0.3) is 6.08 Å². The molecule has 1 N–H and O–H groups in total. The van der Waals surface area contributed by atoms with Gasteiger partial charge in [0.05, 0.1) is 7.11 Å². The summed E-state index contributed by atoms with van der Waals surface area (Å²) in [6.07, 6.45) is 9.18. The third kappa shape index (κ3) is 4.11. The SMILES string of the molecule is CCNC/C(=C/c1ccccc1OC)C1CCCCC1. The molecule has 0 aromatic heterocycles. The molecule has 0 saturated heterocycles. The van der Waals surface area contributed by atoms with Crippen molar-refractivity contribution in [3.05, 3.63) is 35.4 Å². The first-order chi connectivity index (χ1) is 9.85. The van der Waals surface area contributed by atoms with Crippen LogP contribution in [-0.2, 0) is 0 Å². The lowest BCUT2D eigenvalue weighted by molar-refractivity contribution is 0.396. The van der Waals surface area contributed by atoms with Crippen LogP contribution in [0.15, 0.2) is 29.8 Å². The molecule has 0 atom stereocenters. The highest BCUT2D eigenvalue weighted by molar-refractivity contribution is 5.60. The molecule has 110 valence electrons. The third-order valence-electron chi connectivity index (χ3n) is 4.19. The van der Waals surface area contributed by atoms with Crippen LogP contribution in [0.5, 0.6) is 5.75 Å². The van der Waals surface area contributed by atoms with Gasteiger partial charge in [-0.3, -0.25) is 0 Å². The molecule has 1 fully saturated rings. The van der Waals surface area contributed by atoms with E-state index < -0.39 is 0 Å². The van der Waals surface area contributed by atoms with Crippen molar-refractivity contribution >= 4 is 6.08 Å². The second kappa shape index (κ2) is 8.11. The van der Waals surface area contributed by atoms with Gasteiger partial charge < -0.3 is 10.1 Å². The van der Waals surface area contributed by atoms with Gasteiger partial charge in [-0.1, -0.05) is 56.0 Å². The summed E-state index contributed by atoms with van der Waals surface area (Å²) in [4.78, 5) is 0. The molecule has 1 aliphatic rings. The fourth-order valence-corrected chi connectivity index (χ4v) is 3.04. The van der Waals surface area contributed by atoms with Crippen molar-refractivity contribution in [2.24, 2.45) is 5.92 Å². The fourth-order valence-electron chi connectivity index (χ4n) is 3.04. The predicted molar refractivity (Wildman–Crippen MR) is 86.1 cm³/mol. The van der Waals surface area contributed by atoms with E-state index in [2.05, 4.69) is 30.4 Å². The molecule has 0 bridgehead atoms. The number of ether oxygens (including phenoxy) is 1. The zero-order valence-corrected chi connectivity index (χ0v) is 12.8. The quantitative estimate of drug-likeness (QED) is 0.836. The number of hydrogen-bond acceptors (Lipinski definition) is 2. The zero-order chi connectivity index (χ0) is 14.2. The lowest BCUT2D eigenvalue weighted by Gasteiger charge is -2.25.